The molecule has 1 N–H and O–H groups in total. The Balaban J connectivity index is 1.22. The van der Waals surface area contributed by atoms with Gasteiger partial charge in [-0.1, -0.05) is 29.5 Å². The highest BCUT2D eigenvalue weighted by Gasteiger charge is 2.33. The predicted molar refractivity (Wildman–Crippen MR) is 183 cm³/mol. The molecule has 0 saturated carbocycles. The zero-order chi connectivity index (χ0) is 36.4. The number of hydrogen-bond donors (Lipinski definition) is 1. The average Bonchev–Trinajstić information content (AvgIpc) is 3.85. The van der Waals surface area contributed by atoms with Crippen LogP contribution in [-0.2, 0) is 11.3 Å². The smallest absolute Gasteiger partial charge is 0.493 e. The SMILES string of the molecule is COc1cccnc1N1CCN(C(=O)c2cc3c(-c4ccccc4OC(F)(F)F)cc(C4=CCCN(C(=O)CCn5ccnn5)C4)c(F)c3[nH]2)CC1. The van der Waals surface area contributed by atoms with Crippen LogP contribution in [-0.4, -0.2) is 99.3 Å². The van der Waals surface area contributed by atoms with Crippen molar-refractivity contribution < 1.29 is 36.6 Å². The highest BCUT2D eigenvalue weighted by atomic mass is 19.4. The van der Waals surface area contributed by atoms with Gasteiger partial charge in [-0.05, 0) is 47.9 Å². The van der Waals surface area contributed by atoms with Gasteiger partial charge in [-0.3, -0.25) is 14.3 Å². The van der Waals surface area contributed by atoms with Gasteiger partial charge in [0.05, 0.1) is 25.4 Å². The van der Waals surface area contributed by atoms with E-state index in [1.807, 2.05) is 17.0 Å². The number of halogens is 4. The monoisotopic (exact) mass is 718 g/mol. The number of anilines is 1. The molecule has 0 spiro atoms. The topological polar surface area (TPSA) is 122 Å². The van der Waals surface area contributed by atoms with Gasteiger partial charge in [0, 0.05) is 74.6 Å². The molecular formula is C36H34F4N8O4. The lowest BCUT2D eigenvalue weighted by molar-refractivity contribution is -0.274. The lowest BCUT2D eigenvalue weighted by Crippen LogP contribution is -2.49. The van der Waals surface area contributed by atoms with Crippen molar-refractivity contribution in [2.24, 2.45) is 0 Å². The minimum Gasteiger partial charge on any atom is -0.493 e. The molecule has 0 atom stereocenters. The number of para-hydroxylation sites is 1. The Kier molecular flexibility index (Phi) is 9.53. The fraction of sp³-hybridized carbons (Fsp3) is 0.306. The summed E-state index contributed by atoms with van der Waals surface area (Å²) in [5.74, 6) is -0.459. The normalized spacial score (nSPS) is 15.2. The Morgan fingerprint density at radius 3 is 2.46 bits per heavy atom. The number of methoxy groups -OCH3 is 1. The second-order valence-electron chi connectivity index (χ2n) is 12.4. The molecule has 0 bridgehead atoms. The maximum absolute atomic E-state index is 16.7. The van der Waals surface area contributed by atoms with Crippen LogP contribution in [0.5, 0.6) is 11.5 Å². The van der Waals surface area contributed by atoms with Gasteiger partial charge < -0.3 is 29.2 Å². The highest BCUT2D eigenvalue weighted by molar-refractivity contribution is 6.05. The average molecular weight is 719 g/mol. The van der Waals surface area contributed by atoms with Crippen LogP contribution in [0.15, 0.2) is 73.2 Å². The summed E-state index contributed by atoms with van der Waals surface area (Å²) >= 11 is 0. The molecule has 0 radical (unpaired) electrons. The van der Waals surface area contributed by atoms with Gasteiger partial charge >= 0.3 is 6.36 Å². The third-order valence-corrected chi connectivity index (χ3v) is 9.20. The molecule has 7 rings (SSSR count). The first-order valence-corrected chi connectivity index (χ1v) is 16.6. The number of hydrogen-bond acceptors (Lipinski definition) is 8. The summed E-state index contributed by atoms with van der Waals surface area (Å²) < 4.78 is 68.7. The van der Waals surface area contributed by atoms with Crippen molar-refractivity contribution in [1.29, 1.82) is 0 Å². The van der Waals surface area contributed by atoms with Crippen LogP contribution in [0.2, 0.25) is 0 Å². The Morgan fingerprint density at radius 1 is 0.923 bits per heavy atom. The number of benzene rings is 2. The van der Waals surface area contributed by atoms with Gasteiger partial charge in [0.2, 0.25) is 5.91 Å². The molecule has 2 aliphatic heterocycles. The van der Waals surface area contributed by atoms with E-state index in [1.54, 1.807) is 46.1 Å². The molecule has 52 heavy (non-hydrogen) atoms. The number of piperazine rings is 1. The van der Waals surface area contributed by atoms with Gasteiger partial charge in [-0.2, -0.15) is 0 Å². The summed E-state index contributed by atoms with van der Waals surface area (Å²) in [5, 5.41) is 7.84. The molecule has 5 heterocycles. The molecule has 2 amide bonds. The second kappa shape index (κ2) is 14.4. The number of carbonyl (C=O) groups is 2. The number of rotatable bonds is 9. The molecule has 0 aliphatic carbocycles. The van der Waals surface area contributed by atoms with E-state index < -0.39 is 23.8 Å². The van der Waals surface area contributed by atoms with E-state index in [4.69, 9.17) is 4.74 Å². The quantitative estimate of drug-likeness (QED) is 0.198. The third-order valence-electron chi connectivity index (χ3n) is 9.20. The molecule has 270 valence electrons. The van der Waals surface area contributed by atoms with Crippen molar-refractivity contribution in [1.82, 2.24) is 34.8 Å². The van der Waals surface area contributed by atoms with Crippen LogP contribution in [0.1, 0.15) is 28.9 Å². The van der Waals surface area contributed by atoms with Crippen LogP contribution >= 0.6 is 0 Å². The molecular weight excluding hydrogens is 684 g/mol. The lowest BCUT2D eigenvalue weighted by atomic mass is 9.93. The molecule has 5 aromatic rings. The largest absolute Gasteiger partial charge is 0.573 e. The molecule has 3 aromatic heterocycles. The number of nitrogens with zero attached hydrogens (tertiary/aromatic N) is 7. The molecule has 2 aliphatic rings. The first-order valence-electron chi connectivity index (χ1n) is 16.6. The van der Waals surface area contributed by atoms with Crippen LogP contribution < -0.4 is 14.4 Å². The molecule has 12 nitrogen and oxygen atoms in total. The number of H-pyrrole nitrogens is 1. The second-order valence-corrected chi connectivity index (χ2v) is 12.4. The van der Waals surface area contributed by atoms with E-state index in [9.17, 15) is 22.8 Å². The zero-order valence-corrected chi connectivity index (χ0v) is 28.1. The van der Waals surface area contributed by atoms with E-state index in [1.165, 1.54) is 36.5 Å². The molecule has 16 heteroatoms. The zero-order valence-electron chi connectivity index (χ0n) is 28.1. The van der Waals surface area contributed by atoms with Crippen LogP contribution in [0.25, 0.3) is 27.6 Å². The summed E-state index contributed by atoms with van der Waals surface area (Å²) in [6, 6.07) is 12.1. The van der Waals surface area contributed by atoms with Crippen LogP contribution in [0.3, 0.4) is 0 Å². The molecule has 2 aromatic carbocycles. The van der Waals surface area contributed by atoms with Crippen molar-refractivity contribution in [3.63, 3.8) is 0 Å². The lowest BCUT2D eigenvalue weighted by Gasteiger charge is -2.35. The van der Waals surface area contributed by atoms with Crippen LogP contribution in [0, 0.1) is 5.82 Å². The number of aromatic amines is 1. The fourth-order valence-electron chi connectivity index (χ4n) is 6.68. The van der Waals surface area contributed by atoms with E-state index in [-0.39, 0.29) is 52.2 Å². The van der Waals surface area contributed by atoms with Gasteiger partial charge in [-0.15, -0.1) is 18.3 Å². The number of carbonyl (C=O) groups excluding carboxylic acids is 2. The van der Waals surface area contributed by atoms with E-state index >= 15 is 4.39 Å². The van der Waals surface area contributed by atoms with Gasteiger partial charge in [-0.25, -0.2) is 9.37 Å². The molecule has 1 saturated heterocycles. The van der Waals surface area contributed by atoms with E-state index in [2.05, 4.69) is 25.0 Å². The van der Waals surface area contributed by atoms with Crippen LogP contribution in [0.4, 0.5) is 23.4 Å². The minimum atomic E-state index is -4.99. The van der Waals surface area contributed by atoms with Crippen molar-refractivity contribution in [2.75, 3.05) is 51.3 Å². The van der Waals surface area contributed by atoms with E-state index in [0.29, 0.717) is 62.8 Å². The Labute approximate surface area is 295 Å². The number of aromatic nitrogens is 5. The number of alkyl halides is 3. The summed E-state index contributed by atoms with van der Waals surface area (Å²) in [7, 11) is 1.56. The van der Waals surface area contributed by atoms with Crippen molar-refractivity contribution in [3.05, 3.63) is 90.3 Å². The Morgan fingerprint density at radius 2 is 1.71 bits per heavy atom. The highest BCUT2D eigenvalue weighted by Crippen LogP contribution is 2.41. The number of ether oxygens (including phenoxy) is 2. The first kappa shape index (κ1) is 34.5. The van der Waals surface area contributed by atoms with Gasteiger partial charge in [0.15, 0.2) is 17.4 Å². The number of nitrogens with one attached hydrogen (secondary N) is 1. The van der Waals surface area contributed by atoms with Crippen molar-refractivity contribution >= 4 is 34.1 Å². The maximum atomic E-state index is 16.7. The minimum absolute atomic E-state index is 0.0509. The summed E-state index contributed by atoms with van der Waals surface area (Å²) in [5.41, 5.74) is 0.886. The number of aryl methyl sites for hydroxylation is 1. The van der Waals surface area contributed by atoms with Gasteiger partial charge in [0.25, 0.3) is 5.91 Å². The van der Waals surface area contributed by atoms with Gasteiger partial charge in [0.1, 0.15) is 11.4 Å². The predicted octanol–water partition coefficient (Wildman–Crippen LogP) is 5.54. The molecule has 1 fully saturated rings. The number of fused-ring (bicyclic) bond motifs is 1. The van der Waals surface area contributed by atoms with Crippen molar-refractivity contribution in [3.8, 4) is 22.6 Å². The summed E-state index contributed by atoms with van der Waals surface area (Å²) in [4.78, 5) is 39.7. The third kappa shape index (κ3) is 7.13. The fourth-order valence-corrected chi connectivity index (χ4v) is 6.68. The standard InChI is InChI=1S/C36H34F4N8O4/c1-51-30-9-4-11-41-34(30)45-16-18-46(19-17-45)35(50)28-21-27-26(24-7-2-3-8-29(24)52-36(38,39)40)20-25(32(37)33(27)43-28)23-6-5-13-47(22-23)31(49)10-14-48-15-12-42-44-48/h2-4,6-9,11-12,15,20-21,43H,5,10,13-14,16-19,22H2,1H3. The Bertz CT molecular complexity index is 2120. The maximum Gasteiger partial charge on any atom is 0.573 e. The first-order chi connectivity index (χ1) is 25.1. The molecule has 0 unspecified atom stereocenters. The number of pyridine rings is 1. The summed E-state index contributed by atoms with van der Waals surface area (Å²) in [6.45, 7) is 2.42. The van der Waals surface area contributed by atoms with Crippen molar-refractivity contribution in [2.45, 2.75) is 25.7 Å². The van der Waals surface area contributed by atoms with E-state index in [0.717, 1.165) is 0 Å². The summed E-state index contributed by atoms with van der Waals surface area (Å²) in [6.07, 6.45) is 2.25. The Hall–Kier alpha value is -5.93. The number of amides is 2.